The van der Waals surface area contributed by atoms with Crippen LogP contribution in [0, 0.1) is 0 Å². The van der Waals surface area contributed by atoms with Crippen molar-refractivity contribution in [3.8, 4) is 0 Å². The van der Waals surface area contributed by atoms with Crippen LogP contribution in [0.3, 0.4) is 0 Å². The van der Waals surface area contributed by atoms with E-state index in [9.17, 15) is 4.79 Å². The van der Waals surface area contributed by atoms with Crippen molar-refractivity contribution in [2.24, 2.45) is 0 Å². The molecule has 0 aliphatic rings. The van der Waals surface area contributed by atoms with Crippen molar-refractivity contribution in [1.82, 2.24) is 0 Å². The van der Waals surface area contributed by atoms with Crippen molar-refractivity contribution in [3.05, 3.63) is 22.4 Å². The van der Waals surface area contributed by atoms with Crippen molar-refractivity contribution >= 4 is 17.3 Å². The zero-order chi connectivity index (χ0) is 10.1. The lowest BCUT2D eigenvalue weighted by Crippen LogP contribution is -1.95. The Morgan fingerprint density at radius 3 is 2.38 bits per heavy atom. The third kappa shape index (κ3) is 7.53. The number of thiophene rings is 1. The Morgan fingerprint density at radius 1 is 1.54 bits per heavy atom. The van der Waals surface area contributed by atoms with Crippen LogP contribution >= 0.6 is 11.3 Å². The summed E-state index contributed by atoms with van der Waals surface area (Å²) in [4.78, 5) is 11.3. The van der Waals surface area contributed by atoms with E-state index in [2.05, 4.69) is 29.2 Å². The molecule has 0 amide bonds. The fourth-order valence-electron chi connectivity index (χ4n) is 0.717. The Balaban J connectivity index is 0.000000226. The van der Waals surface area contributed by atoms with Gasteiger partial charge in [0, 0.05) is 11.8 Å². The van der Waals surface area contributed by atoms with Gasteiger partial charge in [0.15, 0.2) is 0 Å². The van der Waals surface area contributed by atoms with E-state index in [0.717, 1.165) is 0 Å². The molecule has 0 saturated carbocycles. The van der Waals surface area contributed by atoms with Crippen LogP contribution in [0.4, 0.5) is 0 Å². The summed E-state index contributed by atoms with van der Waals surface area (Å²) in [5, 5.41) is 2.11. The van der Waals surface area contributed by atoms with Crippen LogP contribution in [0.5, 0.6) is 0 Å². The van der Waals surface area contributed by atoms with Crippen molar-refractivity contribution in [3.63, 3.8) is 0 Å². The van der Waals surface area contributed by atoms with Gasteiger partial charge in [0.05, 0.1) is 6.61 Å². The summed E-state index contributed by atoms with van der Waals surface area (Å²) in [6, 6.07) is 4.24. The van der Waals surface area contributed by atoms with Crippen molar-refractivity contribution in [1.29, 1.82) is 0 Å². The number of carbonyl (C=O) groups is 1. The second kappa shape index (κ2) is 7.80. The SMILES string of the molecule is CCOC(C)=O.CCc1cccs1. The zero-order valence-corrected chi connectivity index (χ0v) is 9.19. The third-order valence-corrected chi connectivity index (χ3v) is 2.30. The van der Waals surface area contributed by atoms with Gasteiger partial charge in [-0.05, 0) is 24.8 Å². The maximum Gasteiger partial charge on any atom is 0.302 e. The van der Waals surface area contributed by atoms with Gasteiger partial charge >= 0.3 is 5.97 Å². The molecule has 2 nitrogen and oxygen atoms in total. The molecule has 1 aromatic rings. The molecule has 1 rings (SSSR count). The van der Waals surface area contributed by atoms with E-state index in [4.69, 9.17) is 0 Å². The first kappa shape index (κ1) is 12.2. The van der Waals surface area contributed by atoms with Gasteiger partial charge in [-0.3, -0.25) is 4.79 Å². The topological polar surface area (TPSA) is 26.3 Å². The highest BCUT2D eigenvalue weighted by atomic mass is 32.1. The molecule has 0 unspecified atom stereocenters. The number of aryl methyl sites for hydroxylation is 1. The van der Waals surface area contributed by atoms with Gasteiger partial charge in [0.1, 0.15) is 0 Å². The lowest BCUT2D eigenvalue weighted by molar-refractivity contribution is -0.140. The van der Waals surface area contributed by atoms with E-state index in [-0.39, 0.29) is 5.97 Å². The quantitative estimate of drug-likeness (QED) is 0.686. The average Bonchev–Trinajstić information content (AvgIpc) is 2.56. The van der Waals surface area contributed by atoms with Crippen molar-refractivity contribution in [2.45, 2.75) is 27.2 Å². The largest absolute Gasteiger partial charge is 0.466 e. The second-order valence-corrected chi connectivity index (χ2v) is 3.39. The van der Waals surface area contributed by atoms with E-state index in [0.29, 0.717) is 6.61 Å². The molecule has 0 bridgehead atoms. The second-order valence-electron chi connectivity index (χ2n) is 2.36. The smallest absolute Gasteiger partial charge is 0.302 e. The van der Waals surface area contributed by atoms with E-state index >= 15 is 0 Å². The molecular weight excluding hydrogens is 184 g/mol. The van der Waals surface area contributed by atoms with E-state index in [1.165, 1.54) is 18.2 Å². The highest BCUT2D eigenvalue weighted by Gasteiger charge is 1.82. The van der Waals surface area contributed by atoms with Crippen LogP contribution in [-0.4, -0.2) is 12.6 Å². The fraction of sp³-hybridized carbons (Fsp3) is 0.500. The zero-order valence-electron chi connectivity index (χ0n) is 8.37. The summed E-state index contributed by atoms with van der Waals surface area (Å²) < 4.78 is 4.40. The van der Waals surface area contributed by atoms with Crippen LogP contribution in [0.25, 0.3) is 0 Å². The molecular formula is C10H16O2S. The van der Waals surface area contributed by atoms with E-state index < -0.39 is 0 Å². The number of hydrogen-bond donors (Lipinski definition) is 0. The van der Waals surface area contributed by atoms with E-state index in [1.54, 1.807) is 6.92 Å². The molecule has 13 heavy (non-hydrogen) atoms. The molecule has 0 atom stereocenters. The number of carbonyl (C=O) groups excluding carboxylic acids is 1. The van der Waals surface area contributed by atoms with Crippen LogP contribution in [0.1, 0.15) is 25.6 Å². The molecule has 0 radical (unpaired) electrons. The molecule has 1 aromatic heterocycles. The molecule has 1 heterocycles. The van der Waals surface area contributed by atoms with Crippen LogP contribution < -0.4 is 0 Å². The van der Waals surface area contributed by atoms with Gasteiger partial charge in [-0.2, -0.15) is 0 Å². The third-order valence-electron chi connectivity index (χ3n) is 1.28. The fourth-order valence-corrected chi connectivity index (χ4v) is 1.37. The first-order chi connectivity index (χ1) is 6.20. The Morgan fingerprint density at radius 2 is 2.23 bits per heavy atom. The van der Waals surface area contributed by atoms with Crippen LogP contribution in [0.15, 0.2) is 17.5 Å². The molecule has 0 N–H and O–H groups in total. The minimum atomic E-state index is -0.211. The highest BCUT2D eigenvalue weighted by Crippen LogP contribution is 2.07. The number of rotatable bonds is 2. The predicted octanol–water partition coefficient (Wildman–Crippen LogP) is 2.88. The predicted molar refractivity (Wildman–Crippen MR) is 56.0 cm³/mol. The minimum absolute atomic E-state index is 0.211. The summed E-state index contributed by atoms with van der Waals surface area (Å²) in [6.45, 7) is 5.83. The summed E-state index contributed by atoms with van der Waals surface area (Å²) in [6.07, 6.45) is 1.18. The lowest BCUT2D eigenvalue weighted by Gasteiger charge is -1.89. The highest BCUT2D eigenvalue weighted by molar-refractivity contribution is 7.09. The molecule has 0 aliphatic heterocycles. The van der Waals surface area contributed by atoms with E-state index in [1.807, 2.05) is 11.3 Å². The first-order valence-electron chi connectivity index (χ1n) is 4.36. The molecule has 0 aromatic carbocycles. The van der Waals surface area contributed by atoms with Gasteiger partial charge in [0.2, 0.25) is 0 Å². The maximum atomic E-state index is 9.82. The minimum Gasteiger partial charge on any atom is -0.466 e. The van der Waals surface area contributed by atoms with Crippen molar-refractivity contribution < 1.29 is 9.53 Å². The molecule has 74 valence electrons. The normalized spacial score (nSPS) is 8.54. The molecule has 0 spiro atoms. The summed E-state index contributed by atoms with van der Waals surface area (Å²) in [7, 11) is 0. The standard InChI is InChI=1S/C6H8S.C4H8O2/c1-2-6-4-3-5-7-6;1-3-6-4(2)5/h3-5H,2H2,1H3;3H2,1-2H3. The Kier molecular flexibility index (Phi) is 7.30. The van der Waals surface area contributed by atoms with Gasteiger partial charge in [-0.25, -0.2) is 0 Å². The molecule has 0 aliphatic carbocycles. The average molecular weight is 200 g/mol. The van der Waals surface area contributed by atoms with Crippen LogP contribution in [-0.2, 0) is 16.0 Å². The summed E-state index contributed by atoms with van der Waals surface area (Å²) >= 11 is 1.82. The maximum absolute atomic E-state index is 9.82. The first-order valence-corrected chi connectivity index (χ1v) is 5.24. The monoisotopic (exact) mass is 200 g/mol. The van der Waals surface area contributed by atoms with Crippen LogP contribution in [0.2, 0.25) is 0 Å². The Bertz CT molecular complexity index is 217. The molecule has 0 saturated heterocycles. The lowest BCUT2D eigenvalue weighted by atomic mass is 10.4. The van der Waals surface area contributed by atoms with Gasteiger partial charge in [-0.15, -0.1) is 11.3 Å². The Labute approximate surface area is 83.5 Å². The molecule has 0 fully saturated rings. The summed E-state index contributed by atoms with van der Waals surface area (Å²) in [5.41, 5.74) is 0. The number of hydrogen-bond acceptors (Lipinski definition) is 3. The number of esters is 1. The van der Waals surface area contributed by atoms with Gasteiger partial charge in [-0.1, -0.05) is 13.0 Å². The molecule has 3 heteroatoms. The Hall–Kier alpha value is -0.830. The number of ether oxygens (including phenoxy) is 1. The van der Waals surface area contributed by atoms with Gasteiger partial charge < -0.3 is 4.74 Å². The van der Waals surface area contributed by atoms with Gasteiger partial charge in [0.25, 0.3) is 0 Å². The summed E-state index contributed by atoms with van der Waals surface area (Å²) in [5.74, 6) is -0.211. The van der Waals surface area contributed by atoms with Crippen molar-refractivity contribution in [2.75, 3.05) is 6.61 Å².